The molecule has 0 saturated carbocycles. The maximum atomic E-state index is 11.6. The van der Waals surface area contributed by atoms with Crippen molar-refractivity contribution < 1.29 is 14.3 Å². The van der Waals surface area contributed by atoms with E-state index in [4.69, 9.17) is 4.74 Å². The lowest BCUT2D eigenvalue weighted by Gasteiger charge is -2.20. The normalized spacial score (nSPS) is 10.8. The highest BCUT2D eigenvalue weighted by molar-refractivity contribution is 5.94. The molecule has 4 heteroatoms. The van der Waals surface area contributed by atoms with E-state index in [-0.39, 0.29) is 0 Å². The minimum Gasteiger partial charge on any atom is -0.444 e. The molecule has 0 bridgehead atoms. The van der Waals surface area contributed by atoms with Crippen LogP contribution in [0.2, 0.25) is 0 Å². The molecule has 0 spiro atoms. The Hall–Kier alpha value is -1.84. The third kappa shape index (κ3) is 3.90. The molecule has 1 N–H and O–H groups in total. The van der Waals surface area contributed by atoms with Crippen molar-refractivity contribution in [3.8, 4) is 0 Å². The van der Waals surface area contributed by atoms with Gasteiger partial charge in [0.25, 0.3) is 0 Å². The average molecular weight is 235 g/mol. The third-order valence-electron chi connectivity index (χ3n) is 2.08. The number of benzene rings is 1. The molecule has 0 heterocycles. The van der Waals surface area contributed by atoms with Gasteiger partial charge in [0.15, 0.2) is 6.29 Å². The quantitative estimate of drug-likeness (QED) is 0.801. The maximum absolute atomic E-state index is 11.6. The zero-order chi connectivity index (χ0) is 13.1. The summed E-state index contributed by atoms with van der Waals surface area (Å²) < 4.78 is 5.12. The van der Waals surface area contributed by atoms with E-state index in [0.717, 1.165) is 11.8 Å². The molecule has 0 aliphatic rings. The Morgan fingerprint density at radius 1 is 1.35 bits per heavy atom. The van der Waals surface area contributed by atoms with E-state index in [0.29, 0.717) is 11.3 Å². The predicted octanol–water partition coefficient (Wildman–Crippen LogP) is 3.15. The number of hydrogen-bond donors (Lipinski definition) is 1. The van der Waals surface area contributed by atoms with E-state index in [1.54, 1.807) is 32.9 Å². The van der Waals surface area contributed by atoms with Crippen molar-refractivity contribution in [1.82, 2.24) is 0 Å². The van der Waals surface area contributed by atoms with Gasteiger partial charge in [0.1, 0.15) is 5.60 Å². The first-order valence-corrected chi connectivity index (χ1v) is 5.38. The van der Waals surface area contributed by atoms with Crippen molar-refractivity contribution in [1.29, 1.82) is 0 Å². The molecular weight excluding hydrogens is 218 g/mol. The fourth-order valence-electron chi connectivity index (χ4n) is 1.36. The number of anilines is 1. The van der Waals surface area contributed by atoms with E-state index in [1.807, 2.05) is 13.0 Å². The summed E-state index contributed by atoms with van der Waals surface area (Å²) in [7, 11) is 0. The van der Waals surface area contributed by atoms with Crippen molar-refractivity contribution >= 4 is 18.1 Å². The van der Waals surface area contributed by atoms with Crippen LogP contribution in [0.15, 0.2) is 18.2 Å². The number of carbonyl (C=O) groups excluding carboxylic acids is 2. The van der Waals surface area contributed by atoms with Crippen molar-refractivity contribution in [2.45, 2.75) is 33.3 Å². The molecule has 17 heavy (non-hydrogen) atoms. The van der Waals surface area contributed by atoms with Gasteiger partial charge in [-0.3, -0.25) is 10.1 Å². The smallest absolute Gasteiger partial charge is 0.412 e. The predicted molar refractivity (Wildman–Crippen MR) is 66.4 cm³/mol. The second-order valence-corrected chi connectivity index (χ2v) is 4.78. The number of amides is 1. The van der Waals surface area contributed by atoms with E-state index in [2.05, 4.69) is 5.32 Å². The Kier molecular flexibility index (Phi) is 3.89. The summed E-state index contributed by atoms with van der Waals surface area (Å²) in [6, 6.07) is 5.25. The zero-order valence-corrected chi connectivity index (χ0v) is 10.5. The molecule has 0 aromatic heterocycles. The first-order chi connectivity index (χ1) is 7.83. The van der Waals surface area contributed by atoms with Crippen LogP contribution in [-0.4, -0.2) is 18.0 Å². The highest BCUT2D eigenvalue weighted by atomic mass is 16.6. The molecular formula is C13H17NO3. The summed E-state index contributed by atoms with van der Waals surface area (Å²) >= 11 is 0. The summed E-state index contributed by atoms with van der Waals surface area (Å²) in [6.45, 7) is 7.15. The fourth-order valence-corrected chi connectivity index (χ4v) is 1.36. The summed E-state index contributed by atoms with van der Waals surface area (Å²) in [5, 5.41) is 2.57. The monoisotopic (exact) mass is 235 g/mol. The lowest BCUT2D eigenvalue weighted by Crippen LogP contribution is -2.27. The topological polar surface area (TPSA) is 55.4 Å². The number of rotatable bonds is 2. The van der Waals surface area contributed by atoms with E-state index >= 15 is 0 Å². The molecule has 92 valence electrons. The van der Waals surface area contributed by atoms with Crippen LogP contribution in [0.3, 0.4) is 0 Å². The molecule has 4 nitrogen and oxygen atoms in total. The highest BCUT2D eigenvalue weighted by Gasteiger charge is 2.17. The average Bonchev–Trinajstić information content (AvgIpc) is 2.14. The van der Waals surface area contributed by atoms with Gasteiger partial charge in [0.2, 0.25) is 0 Å². The Morgan fingerprint density at radius 2 is 2.00 bits per heavy atom. The number of carbonyl (C=O) groups is 2. The number of nitrogens with one attached hydrogen (secondary N) is 1. The summed E-state index contributed by atoms with van der Waals surface area (Å²) in [5.74, 6) is 0. The third-order valence-corrected chi connectivity index (χ3v) is 2.08. The first-order valence-electron chi connectivity index (χ1n) is 5.38. The number of ether oxygens (including phenoxy) is 1. The largest absolute Gasteiger partial charge is 0.444 e. The minimum atomic E-state index is -0.564. The van der Waals surface area contributed by atoms with Crippen molar-refractivity contribution in [3.05, 3.63) is 29.3 Å². The van der Waals surface area contributed by atoms with E-state index < -0.39 is 11.7 Å². The molecule has 0 radical (unpaired) electrons. The van der Waals surface area contributed by atoms with Gasteiger partial charge in [-0.2, -0.15) is 0 Å². The zero-order valence-electron chi connectivity index (χ0n) is 10.5. The summed E-state index contributed by atoms with van der Waals surface area (Å²) in [5.41, 5.74) is 1.19. The minimum absolute atomic E-state index is 0.467. The summed E-state index contributed by atoms with van der Waals surface area (Å²) in [4.78, 5) is 22.5. The van der Waals surface area contributed by atoms with Crippen molar-refractivity contribution in [2.24, 2.45) is 0 Å². The standard InChI is InChI=1S/C13H17NO3/c1-9-6-5-7-11(10(9)8-15)14-12(16)17-13(2,3)4/h5-8H,1-4H3,(H,14,16). The van der Waals surface area contributed by atoms with Gasteiger partial charge in [-0.1, -0.05) is 12.1 Å². The SMILES string of the molecule is Cc1cccc(NC(=O)OC(C)(C)C)c1C=O. The molecule has 1 aromatic carbocycles. The van der Waals surface area contributed by atoms with Gasteiger partial charge in [-0.25, -0.2) is 4.79 Å². The Bertz CT molecular complexity index is 433. The molecule has 1 amide bonds. The lowest BCUT2D eigenvalue weighted by molar-refractivity contribution is 0.0636. The fraction of sp³-hybridized carbons (Fsp3) is 0.385. The van der Waals surface area contributed by atoms with Crippen LogP contribution >= 0.6 is 0 Å². The molecule has 0 fully saturated rings. The molecule has 0 unspecified atom stereocenters. The van der Waals surface area contributed by atoms with Gasteiger partial charge >= 0.3 is 6.09 Å². The Labute approximate surface area is 101 Å². The molecule has 0 aliphatic heterocycles. The molecule has 0 saturated heterocycles. The van der Waals surface area contributed by atoms with Gasteiger partial charge in [-0.15, -0.1) is 0 Å². The first kappa shape index (κ1) is 13.2. The number of aldehydes is 1. The molecule has 0 aliphatic carbocycles. The van der Waals surface area contributed by atoms with Crippen LogP contribution in [0.25, 0.3) is 0 Å². The Morgan fingerprint density at radius 3 is 2.53 bits per heavy atom. The van der Waals surface area contributed by atoms with Gasteiger partial charge in [0, 0.05) is 5.56 Å². The van der Waals surface area contributed by atoms with E-state index in [9.17, 15) is 9.59 Å². The van der Waals surface area contributed by atoms with Crippen LogP contribution < -0.4 is 5.32 Å². The van der Waals surface area contributed by atoms with Gasteiger partial charge in [-0.05, 0) is 39.3 Å². The van der Waals surface area contributed by atoms with Crippen molar-refractivity contribution in [2.75, 3.05) is 5.32 Å². The number of hydrogen-bond acceptors (Lipinski definition) is 3. The second kappa shape index (κ2) is 4.99. The van der Waals surface area contributed by atoms with Crippen LogP contribution in [0.1, 0.15) is 36.7 Å². The van der Waals surface area contributed by atoms with Crippen molar-refractivity contribution in [3.63, 3.8) is 0 Å². The Balaban J connectivity index is 2.85. The van der Waals surface area contributed by atoms with E-state index in [1.165, 1.54) is 0 Å². The van der Waals surface area contributed by atoms with Gasteiger partial charge < -0.3 is 4.74 Å². The number of aryl methyl sites for hydroxylation is 1. The molecule has 1 rings (SSSR count). The van der Waals surface area contributed by atoms with Gasteiger partial charge in [0.05, 0.1) is 5.69 Å². The maximum Gasteiger partial charge on any atom is 0.412 e. The summed E-state index contributed by atoms with van der Waals surface area (Å²) in [6.07, 6.45) is 0.161. The van der Waals surface area contributed by atoms with Crippen LogP contribution in [0, 0.1) is 6.92 Å². The van der Waals surface area contributed by atoms with Crippen LogP contribution in [0.4, 0.5) is 10.5 Å². The van der Waals surface area contributed by atoms with Crippen LogP contribution in [-0.2, 0) is 4.74 Å². The van der Waals surface area contributed by atoms with Crippen LogP contribution in [0.5, 0.6) is 0 Å². The highest BCUT2D eigenvalue weighted by Crippen LogP contribution is 2.18. The molecule has 1 aromatic rings. The lowest BCUT2D eigenvalue weighted by atomic mass is 10.1. The molecule has 0 atom stereocenters. The second-order valence-electron chi connectivity index (χ2n) is 4.78.